The lowest BCUT2D eigenvalue weighted by Crippen LogP contribution is -2.35. The van der Waals surface area contributed by atoms with E-state index in [9.17, 15) is 0 Å². The van der Waals surface area contributed by atoms with E-state index in [-0.39, 0.29) is 6.04 Å². The molecule has 0 aromatic carbocycles. The van der Waals surface area contributed by atoms with Crippen molar-refractivity contribution in [3.8, 4) is 0 Å². The van der Waals surface area contributed by atoms with Crippen molar-refractivity contribution >= 4 is 0 Å². The Morgan fingerprint density at radius 1 is 1.33 bits per heavy atom. The molecular weight excluding hydrogens is 152 g/mol. The second-order valence-corrected chi connectivity index (χ2v) is 3.40. The van der Waals surface area contributed by atoms with Gasteiger partial charge < -0.3 is 5.73 Å². The average molecular weight is 166 g/mol. The highest BCUT2D eigenvalue weighted by Gasteiger charge is 2.23. The fraction of sp³-hybridized carbons (Fsp3) is 0.750. The zero-order valence-electron chi connectivity index (χ0n) is 7.06. The van der Waals surface area contributed by atoms with E-state index >= 15 is 0 Å². The Kier molecular flexibility index (Phi) is 2.08. The van der Waals surface area contributed by atoms with Crippen LogP contribution >= 0.6 is 0 Å². The molecular formula is C8H14N4. The maximum atomic E-state index is 5.98. The summed E-state index contributed by atoms with van der Waals surface area (Å²) in [5.41, 5.74) is 5.98. The van der Waals surface area contributed by atoms with Crippen molar-refractivity contribution in [3.05, 3.63) is 12.4 Å². The highest BCUT2D eigenvalue weighted by Crippen LogP contribution is 2.25. The molecule has 2 atom stereocenters. The lowest BCUT2D eigenvalue weighted by atomic mass is 9.91. The number of nitrogens with zero attached hydrogens (tertiary/aromatic N) is 3. The van der Waals surface area contributed by atoms with Gasteiger partial charge in [0, 0.05) is 12.2 Å². The lowest BCUT2D eigenvalue weighted by Gasteiger charge is -2.27. The Morgan fingerprint density at radius 2 is 2.17 bits per heavy atom. The summed E-state index contributed by atoms with van der Waals surface area (Å²) in [6.07, 6.45) is 8.39. The molecule has 0 radical (unpaired) electrons. The van der Waals surface area contributed by atoms with Crippen molar-refractivity contribution in [2.45, 2.75) is 37.8 Å². The first-order valence-electron chi connectivity index (χ1n) is 4.49. The molecule has 1 heterocycles. The van der Waals surface area contributed by atoms with Crippen LogP contribution in [0.2, 0.25) is 0 Å². The number of aromatic nitrogens is 3. The first kappa shape index (κ1) is 7.73. The molecule has 2 rings (SSSR count). The van der Waals surface area contributed by atoms with Crippen molar-refractivity contribution in [2.75, 3.05) is 0 Å². The van der Waals surface area contributed by atoms with Gasteiger partial charge in [-0.25, -0.2) is 4.68 Å². The van der Waals surface area contributed by atoms with Crippen LogP contribution in [0.15, 0.2) is 12.4 Å². The highest BCUT2D eigenvalue weighted by atomic mass is 15.4. The van der Waals surface area contributed by atoms with Crippen molar-refractivity contribution in [3.63, 3.8) is 0 Å². The molecule has 0 saturated heterocycles. The average Bonchev–Trinajstić information content (AvgIpc) is 2.57. The number of hydrogen-bond donors (Lipinski definition) is 1. The van der Waals surface area contributed by atoms with Gasteiger partial charge in [-0.2, -0.15) is 0 Å². The van der Waals surface area contributed by atoms with Gasteiger partial charge in [-0.1, -0.05) is 18.1 Å². The summed E-state index contributed by atoms with van der Waals surface area (Å²) < 4.78 is 1.89. The van der Waals surface area contributed by atoms with Crippen LogP contribution in [-0.4, -0.2) is 21.0 Å². The lowest BCUT2D eigenvalue weighted by molar-refractivity contribution is 0.282. The molecule has 0 unspecified atom stereocenters. The molecule has 0 bridgehead atoms. The SMILES string of the molecule is N[C@@H]1CCCC[C@@H]1n1ccnn1. The molecule has 4 nitrogen and oxygen atoms in total. The molecule has 2 N–H and O–H groups in total. The van der Waals surface area contributed by atoms with Gasteiger partial charge in [-0.3, -0.25) is 0 Å². The minimum absolute atomic E-state index is 0.264. The molecule has 0 amide bonds. The van der Waals surface area contributed by atoms with E-state index in [2.05, 4.69) is 10.3 Å². The summed E-state index contributed by atoms with van der Waals surface area (Å²) in [5.74, 6) is 0. The smallest absolute Gasteiger partial charge is 0.0693 e. The standard InChI is InChI=1S/C8H14N4/c9-7-3-1-2-4-8(7)12-6-5-10-11-12/h5-8H,1-4,9H2/t7-,8+/m1/s1. The summed E-state index contributed by atoms with van der Waals surface area (Å²) in [5, 5.41) is 7.77. The van der Waals surface area contributed by atoms with Crippen LogP contribution < -0.4 is 5.73 Å². The van der Waals surface area contributed by atoms with Gasteiger partial charge in [0.1, 0.15) is 0 Å². The first-order chi connectivity index (χ1) is 5.88. The third-order valence-corrected chi connectivity index (χ3v) is 2.56. The summed E-state index contributed by atoms with van der Waals surface area (Å²) in [6.45, 7) is 0. The minimum atomic E-state index is 0.264. The summed E-state index contributed by atoms with van der Waals surface area (Å²) >= 11 is 0. The van der Waals surface area contributed by atoms with Crippen LogP contribution in [0.1, 0.15) is 31.7 Å². The van der Waals surface area contributed by atoms with E-state index in [1.165, 1.54) is 12.8 Å². The van der Waals surface area contributed by atoms with Crippen LogP contribution in [0.25, 0.3) is 0 Å². The Bertz CT molecular complexity index is 231. The second-order valence-electron chi connectivity index (χ2n) is 3.40. The molecule has 0 aliphatic heterocycles. The fourth-order valence-electron chi connectivity index (χ4n) is 1.86. The van der Waals surface area contributed by atoms with Crippen LogP contribution in [-0.2, 0) is 0 Å². The fourth-order valence-corrected chi connectivity index (χ4v) is 1.86. The van der Waals surface area contributed by atoms with E-state index in [0.717, 1.165) is 12.8 Å². The number of nitrogens with two attached hydrogens (primary N) is 1. The molecule has 1 aromatic rings. The Balaban J connectivity index is 2.11. The molecule has 66 valence electrons. The largest absolute Gasteiger partial charge is 0.326 e. The van der Waals surface area contributed by atoms with E-state index in [1.807, 2.05) is 10.9 Å². The summed E-state index contributed by atoms with van der Waals surface area (Å²) in [7, 11) is 0. The highest BCUT2D eigenvalue weighted by molar-refractivity contribution is 4.83. The van der Waals surface area contributed by atoms with Crippen molar-refractivity contribution in [1.82, 2.24) is 15.0 Å². The summed E-state index contributed by atoms with van der Waals surface area (Å²) in [4.78, 5) is 0. The van der Waals surface area contributed by atoms with Gasteiger partial charge in [0.25, 0.3) is 0 Å². The zero-order chi connectivity index (χ0) is 8.39. The van der Waals surface area contributed by atoms with Crippen LogP contribution in [0.4, 0.5) is 0 Å². The van der Waals surface area contributed by atoms with E-state index in [4.69, 9.17) is 5.73 Å². The third kappa shape index (κ3) is 1.34. The second kappa shape index (κ2) is 3.23. The number of rotatable bonds is 1. The molecule has 12 heavy (non-hydrogen) atoms. The Morgan fingerprint density at radius 3 is 2.83 bits per heavy atom. The van der Waals surface area contributed by atoms with E-state index in [1.54, 1.807) is 6.20 Å². The molecule has 1 aromatic heterocycles. The molecule has 0 spiro atoms. The monoisotopic (exact) mass is 166 g/mol. The predicted molar refractivity (Wildman–Crippen MR) is 45.5 cm³/mol. The normalized spacial score (nSPS) is 30.4. The zero-order valence-corrected chi connectivity index (χ0v) is 7.06. The molecule has 1 aliphatic rings. The van der Waals surface area contributed by atoms with Crippen LogP contribution in [0.3, 0.4) is 0 Å². The van der Waals surface area contributed by atoms with Crippen LogP contribution in [0, 0.1) is 0 Å². The maximum absolute atomic E-state index is 5.98. The Labute approximate surface area is 71.8 Å². The first-order valence-corrected chi connectivity index (χ1v) is 4.49. The topological polar surface area (TPSA) is 56.7 Å². The molecule has 1 saturated carbocycles. The molecule has 1 aliphatic carbocycles. The quantitative estimate of drug-likeness (QED) is 0.668. The molecule has 4 heteroatoms. The Hall–Kier alpha value is -0.900. The van der Waals surface area contributed by atoms with E-state index < -0.39 is 0 Å². The maximum Gasteiger partial charge on any atom is 0.0693 e. The van der Waals surface area contributed by atoms with Gasteiger partial charge in [-0.15, -0.1) is 5.10 Å². The van der Waals surface area contributed by atoms with Crippen molar-refractivity contribution in [1.29, 1.82) is 0 Å². The van der Waals surface area contributed by atoms with Gasteiger partial charge in [0.05, 0.1) is 12.2 Å². The molecule has 1 fully saturated rings. The van der Waals surface area contributed by atoms with Crippen molar-refractivity contribution in [2.24, 2.45) is 5.73 Å². The van der Waals surface area contributed by atoms with Gasteiger partial charge >= 0.3 is 0 Å². The van der Waals surface area contributed by atoms with Crippen LogP contribution in [0.5, 0.6) is 0 Å². The van der Waals surface area contributed by atoms with Gasteiger partial charge in [0.15, 0.2) is 0 Å². The third-order valence-electron chi connectivity index (χ3n) is 2.56. The minimum Gasteiger partial charge on any atom is -0.326 e. The predicted octanol–water partition coefficient (Wildman–Crippen LogP) is 0.720. The van der Waals surface area contributed by atoms with Gasteiger partial charge in [0.2, 0.25) is 0 Å². The number of hydrogen-bond acceptors (Lipinski definition) is 3. The van der Waals surface area contributed by atoms with Crippen molar-refractivity contribution < 1.29 is 0 Å². The van der Waals surface area contributed by atoms with Gasteiger partial charge in [-0.05, 0) is 12.8 Å². The van der Waals surface area contributed by atoms with E-state index in [0.29, 0.717) is 6.04 Å². The summed E-state index contributed by atoms with van der Waals surface area (Å²) in [6, 6.07) is 0.640.